The maximum Gasteiger partial charge on any atom is 0.335 e. The fourth-order valence-electron chi connectivity index (χ4n) is 2.58. The molecule has 0 aliphatic rings. The molecule has 1 amide bonds. The van der Waals surface area contributed by atoms with Crippen molar-refractivity contribution in [2.24, 2.45) is 0 Å². The van der Waals surface area contributed by atoms with Crippen molar-refractivity contribution in [2.75, 3.05) is 11.6 Å². The van der Waals surface area contributed by atoms with Gasteiger partial charge in [0.1, 0.15) is 0 Å². The van der Waals surface area contributed by atoms with Gasteiger partial charge in [0, 0.05) is 11.9 Å². The number of hydrogen-bond acceptors (Lipinski definition) is 4. The lowest BCUT2D eigenvalue weighted by Crippen LogP contribution is -2.34. The van der Waals surface area contributed by atoms with Gasteiger partial charge < -0.3 is 10.4 Å². The number of anilines is 1. The summed E-state index contributed by atoms with van der Waals surface area (Å²) in [5, 5.41) is 11.9. The molecule has 6 nitrogen and oxygen atoms in total. The fourth-order valence-corrected chi connectivity index (χ4v) is 3.27. The van der Waals surface area contributed by atoms with Crippen LogP contribution in [0.5, 0.6) is 0 Å². The zero-order valence-electron chi connectivity index (χ0n) is 15.7. The first-order valence-electron chi connectivity index (χ1n) is 8.44. The molecular formula is C20H23NO5S. The van der Waals surface area contributed by atoms with Gasteiger partial charge in [-0.1, -0.05) is 31.2 Å². The third kappa shape index (κ3) is 4.74. The number of carboxylic acid groups (broad SMARTS) is 1. The molecule has 0 bridgehead atoms. The summed E-state index contributed by atoms with van der Waals surface area (Å²) < 4.78 is 23.6. The molecule has 2 aromatic carbocycles. The minimum Gasteiger partial charge on any atom is -0.478 e. The number of aromatic carboxylic acids is 1. The van der Waals surface area contributed by atoms with Gasteiger partial charge in [-0.15, -0.1) is 0 Å². The van der Waals surface area contributed by atoms with E-state index in [0.29, 0.717) is 0 Å². The molecule has 0 fully saturated rings. The van der Waals surface area contributed by atoms with Crippen molar-refractivity contribution in [1.82, 2.24) is 0 Å². The fraction of sp³-hybridized carbons (Fsp3) is 0.300. The highest BCUT2D eigenvalue weighted by Gasteiger charge is 2.30. The average Bonchev–Trinajstić information content (AvgIpc) is 2.60. The van der Waals surface area contributed by atoms with Gasteiger partial charge in [-0.3, -0.25) is 4.79 Å². The monoisotopic (exact) mass is 389 g/mol. The molecule has 0 aromatic heterocycles. The van der Waals surface area contributed by atoms with E-state index < -0.39 is 21.2 Å². The Hall–Kier alpha value is -2.67. The number of nitrogens with one attached hydrogen (secondary N) is 1. The highest BCUT2D eigenvalue weighted by atomic mass is 32.2. The molecule has 0 atom stereocenters. The predicted molar refractivity (Wildman–Crippen MR) is 104 cm³/mol. The molecule has 0 saturated heterocycles. The van der Waals surface area contributed by atoms with E-state index in [1.165, 1.54) is 12.1 Å². The summed E-state index contributed by atoms with van der Waals surface area (Å²) in [6.45, 7) is 5.55. The molecular weight excluding hydrogens is 366 g/mol. The quantitative estimate of drug-likeness (QED) is 0.790. The second kappa shape index (κ2) is 7.52. The van der Waals surface area contributed by atoms with E-state index in [2.05, 4.69) is 5.32 Å². The van der Waals surface area contributed by atoms with Crippen LogP contribution in [-0.2, 0) is 26.5 Å². The zero-order chi connectivity index (χ0) is 20.4. The van der Waals surface area contributed by atoms with Crippen molar-refractivity contribution in [3.05, 3.63) is 59.2 Å². The number of carboxylic acids is 1. The van der Waals surface area contributed by atoms with Gasteiger partial charge in [0.2, 0.25) is 5.91 Å². The number of sulfone groups is 1. The molecule has 0 saturated carbocycles. The molecule has 0 heterocycles. The van der Waals surface area contributed by atoms with E-state index in [1.54, 1.807) is 13.8 Å². The van der Waals surface area contributed by atoms with Gasteiger partial charge in [-0.2, -0.15) is 0 Å². The lowest BCUT2D eigenvalue weighted by Gasteiger charge is -2.24. The summed E-state index contributed by atoms with van der Waals surface area (Å²) >= 11 is 0. The molecule has 7 heteroatoms. The molecule has 2 N–H and O–H groups in total. The SMILES string of the molecule is CCc1ccc(C(C)(C)C(=O)Nc2cc(C(=O)O)cc(S(C)(=O)=O)c2)cc1. The Kier molecular flexibility index (Phi) is 5.75. The number of carbonyl (C=O) groups is 2. The van der Waals surface area contributed by atoms with Gasteiger partial charge in [-0.25, -0.2) is 13.2 Å². The molecule has 144 valence electrons. The van der Waals surface area contributed by atoms with Crippen molar-refractivity contribution in [1.29, 1.82) is 0 Å². The Balaban J connectivity index is 2.38. The van der Waals surface area contributed by atoms with Crippen LogP contribution in [0.2, 0.25) is 0 Å². The number of carbonyl (C=O) groups excluding carboxylic acids is 1. The molecule has 2 aromatic rings. The maximum absolute atomic E-state index is 12.8. The summed E-state index contributed by atoms with van der Waals surface area (Å²) in [5.74, 6) is -1.64. The smallest absolute Gasteiger partial charge is 0.335 e. The summed E-state index contributed by atoms with van der Waals surface area (Å²) in [6.07, 6.45) is 1.88. The molecule has 0 spiro atoms. The van der Waals surface area contributed by atoms with E-state index >= 15 is 0 Å². The van der Waals surface area contributed by atoms with E-state index in [-0.39, 0.29) is 22.1 Å². The zero-order valence-corrected chi connectivity index (χ0v) is 16.6. The van der Waals surface area contributed by atoms with Crippen LogP contribution < -0.4 is 5.32 Å². The highest BCUT2D eigenvalue weighted by molar-refractivity contribution is 7.90. The lowest BCUT2D eigenvalue weighted by molar-refractivity contribution is -0.120. The van der Waals surface area contributed by atoms with Crippen molar-refractivity contribution < 1.29 is 23.1 Å². The third-order valence-corrected chi connectivity index (χ3v) is 5.58. The topological polar surface area (TPSA) is 101 Å². The molecule has 0 aliphatic carbocycles. The highest BCUT2D eigenvalue weighted by Crippen LogP contribution is 2.27. The summed E-state index contributed by atoms with van der Waals surface area (Å²) in [5.41, 5.74) is 0.977. The van der Waals surface area contributed by atoms with Crippen LogP contribution >= 0.6 is 0 Å². The van der Waals surface area contributed by atoms with Crippen LogP contribution in [-0.4, -0.2) is 31.7 Å². The van der Waals surface area contributed by atoms with Crippen LogP contribution in [0, 0.1) is 0 Å². The first-order chi connectivity index (χ1) is 12.4. The molecule has 27 heavy (non-hydrogen) atoms. The number of hydrogen-bond donors (Lipinski definition) is 2. The van der Waals surface area contributed by atoms with E-state index in [0.717, 1.165) is 29.9 Å². The standard InChI is InChI=1S/C20H23NO5S/c1-5-13-6-8-15(9-7-13)20(2,3)19(24)21-16-10-14(18(22)23)11-17(12-16)27(4,25)26/h6-12H,5H2,1-4H3,(H,21,24)(H,22,23). The second-order valence-electron chi connectivity index (χ2n) is 6.95. The van der Waals surface area contributed by atoms with Crippen LogP contribution in [0.25, 0.3) is 0 Å². The Labute approximate surface area is 159 Å². The van der Waals surface area contributed by atoms with Crippen molar-refractivity contribution >= 4 is 27.4 Å². The summed E-state index contributed by atoms with van der Waals surface area (Å²) in [6, 6.07) is 11.2. The number of rotatable bonds is 6. The van der Waals surface area contributed by atoms with E-state index in [4.69, 9.17) is 0 Å². The molecule has 0 unspecified atom stereocenters. The van der Waals surface area contributed by atoms with Crippen LogP contribution in [0.3, 0.4) is 0 Å². The largest absolute Gasteiger partial charge is 0.478 e. The number of aryl methyl sites for hydroxylation is 1. The second-order valence-corrected chi connectivity index (χ2v) is 8.97. The Bertz CT molecular complexity index is 976. The first-order valence-corrected chi connectivity index (χ1v) is 10.3. The van der Waals surface area contributed by atoms with Crippen molar-refractivity contribution in [2.45, 2.75) is 37.5 Å². The molecule has 0 aliphatic heterocycles. The van der Waals surface area contributed by atoms with E-state index in [1.807, 2.05) is 31.2 Å². The molecule has 0 radical (unpaired) electrons. The Morgan fingerprint density at radius 1 is 1.07 bits per heavy atom. The van der Waals surface area contributed by atoms with E-state index in [9.17, 15) is 23.1 Å². The lowest BCUT2D eigenvalue weighted by atomic mass is 9.83. The predicted octanol–water partition coefficient (Wildman–Crippen LogP) is 3.27. The van der Waals surface area contributed by atoms with Gasteiger partial charge in [-0.05, 0) is 49.6 Å². The first kappa shape index (κ1) is 20.6. The Morgan fingerprint density at radius 2 is 1.67 bits per heavy atom. The van der Waals surface area contributed by atoms with Crippen LogP contribution in [0.4, 0.5) is 5.69 Å². The minimum absolute atomic E-state index is 0.124. The number of amides is 1. The number of benzene rings is 2. The summed E-state index contributed by atoms with van der Waals surface area (Å²) in [7, 11) is -3.63. The minimum atomic E-state index is -3.63. The van der Waals surface area contributed by atoms with Gasteiger partial charge in [0.05, 0.1) is 15.9 Å². The Morgan fingerprint density at radius 3 is 2.15 bits per heavy atom. The normalized spacial score (nSPS) is 11.9. The third-order valence-electron chi connectivity index (χ3n) is 4.49. The molecule has 2 rings (SSSR count). The van der Waals surface area contributed by atoms with Gasteiger partial charge in [0.15, 0.2) is 9.84 Å². The van der Waals surface area contributed by atoms with Gasteiger partial charge >= 0.3 is 5.97 Å². The van der Waals surface area contributed by atoms with Crippen molar-refractivity contribution in [3.8, 4) is 0 Å². The van der Waals surface area contributed by atoms with Crippen molar-refractivity contribution in [3.63, 3.8) is 0 Å². The summed E-state index contributed by atoms with van der Waals surface area (Å²) in [4.78, 5) is 23.9. The van der Waals surface area contributed by atoms with Crippen LogP contribution in [0.15, 0.2) is 47.4 Å². The van der Waals surface area contributed by atoms with Gasteiger partial charge in [0.25, 0.3) is 0 Å². The van der Waals surface area contributed by atoms with Crippen LogP contribution in [0.1, 0.15) is 42.3 Å². The average molecular weight is 389 g/mol. The maximum atomic E-state index is 12.8.